The lowest BCUT2D eigenvalue weighted by Crippen LogP contribution is -2.22. The van der Waals surface area contributed by atoms with E-state index in [0.717, 1.165) is 21.4 Å². The van der Waals surface area contributed by atoms with Gasteiger partial charge in [0.1, 0.15) is 17.4 Å². The zero-order valence-corrected chi connectivity index (χ0v) is 14.6. The molecule has 0 unspecified atom stereocenters. The average Bonchev–Trinajstić information content (AvgIpc) is 2.82. The number of nitro groups is 1. The fraction of sp³-hybridized carbons (Fsp3) is 0.333. The van der Waals surface area contributed by atoms with Crippen LogP contribution < -0.4 is 11.5 Å². The van der Waals surface area contributed by atoms with Crippen LogP contribution in [0.25, 0.3) is 0 Å². The quantitative estimate of drug-likeness (QED) is 0.357. The van der Waals surface area contributed by atoms with E-state index in [2.05, 4.69) is 9.98 Å². The van der Waals surface area contributed by atoms with E-state index >= 15 is 0 Å². The molecule has 1 aromatic carbocycles. The molecule has 0 aliphatic carbocycles. The number of benzene rings is 1. The SMILES string of the molecule is CC(C)c1nc(CN=C(N)N)n(C)c1Sc1cccc([N+](=O)[O-])c1. The summed E-state index contributed by atoms with van der Waals surface area (Å²) in [6, 6.07) is 6.54. The van der Waals surface area contributed by atoms with E-state index in [1.165, 1.54) is 17.8 Å². The largest absolute Gasteiger partial charge is 0.370 e. The number of nitro benzene ring substituents is 1. The van der Waals surface area contributed by atoms with Crippen LogP contribution in [0.1, 0.15) is 31.3 Å². The summed E-state index contributed by atoms with van der Waals surface area (Å²) in [6.45, 7) is 4.38. The van der Waals surface area contributed by atoms with Gasteiger partial charge < -0.3 is 16.0 Å². The van der Waals surface area contributed by atoms with Crippen molar-refractivity contribution in [3.05, 3.63) is 45.9 Å². The molecule has 0 radical (unpaired) electrons. The molecule has 9 heteroatoms. The first-order valence-corrected chi connectivity index (χ1v) is 8.14. The number of aromatic nitrogens is 2. The maximum absolute atomic E-state index is 10.9. The van der Waals surface area contributed by atoms with Crippen LogP contribution in [0.4, 0.5) is 5.69 Å². The molecule has 24 heavy (non-hydrogen) atoms. The van der Waals surface area contributed by atoms with Crippen LogP contribution in [0, 0.1) is 10.1 Å². The standard InChI is InChI=1S/C15H20N6O2S/c1-9(2)13-14(20(3)12(19-13)8-18-15(16)17)24-11-6-4-5-10(7-11)21(22)23/h4-7,9H,8H2,1-3H3,(H4,16,17,18). The van der Waals surface area contributed by atoms with Gasteiger partial charge in [-0.25, -0.2) is 9.98 Å². The van der Waals surface area contributed by atoms with Gasteiger partial charge in [-0.05, 0) is 12.0 Å². The van der Waals surface area contributed by atoms with Gasteiger partial charge in [0.25, 0.3) is 5.69 Å². The van der Waals surface area contributed by atoms with Crippen LogP contribution in [0.2, 0.25) is 0 Å². The molecule has 0 amide bonds. The fourth-order valence-electron chi connectivity index (χ4n) is 2.12. The summed E-state index contributed by atoms with van der Waals surface area (Å²) in [5.74, 6) is 0.947. The maximum atomic E-state index is 10.9. The number of hydrogen-bond acceptors (Lipinski definition) is 5. The average molecular weight is 348 g/mol. The van der Waals surface area contributed by atoms with Gasteiger partial charge in [-0.15, -0.1) is 0 Å². The second-order valence-electron chi connectivity index (χ2n) is 5.53. The highest BCUT2D eigenvalue weighted by Gasteiger charge is 2.19. The molecule has 4 N–H and O–H groups in total. The minimum absolute atomic E-state index is 0.0111. The Hall–Kier alpha value is -2.55. The van der Waals surface area contributed by atoms with Gasteiger partial charge in [-0.3, -0.25) is 10.1 Å². The third-order valence-electron chi connectivity index (χ3n) is 3.35. The van der Waals surface area contributed by atoms with Crippen LogP contribution in [0.3, 0.4) is 0 Å². The van der Waals surface area contributed by atoms with Crippen molar-refractivity contribution in [3.8, 4) is 0 Å². The van der Waals surface area contributed by atoms with Crippen LogP contribution in [0.15, 0.2) is 39.2 Å². The predicted octanol–water partition coefficient (Wildman–Crippen LogP) is 2.38. The molecule has 0 aliphatic heterocycles. The summed E-state index contributed by atoms with van der Waals surface area (Å²) in [7, 11) is 1.89. The third kappa shape index (κ3) is 4.05. The summed E-state index contributed by atoms with van der Waals surface area (Å²) in [5.41, 5.74) is 11.7. The van der Waals surface area contributed by atoms with Crippen molar-refractivity contribution in [1.82, 2.24) is 9.55 Å². The molecule has 0 aliphatic rings. The van der Waals surface area contributed by atoms with Crippen molar-refractivity contribution in [2.24, 2.45) is 23.5 Å². The highest BCUT2D eigenvalue weighted by atomic mass is 32.2. The maximum Gasteiger partial charge on any atom is 0.270 e. The van der Waals surface area contributed by atoms with E-state index in [0.29, 0.717) is 0 Å². The lowest BCUT2D eigenvalue weighted by molar-refractivity contribution is -0.385. The van der Waals surface area contributed by atoms with E-state index in [1.54, 1.807) is 12.1 Å². The molecule has 1 heterocycles. The lowest BCUT2D eigenvalue weighted by Gasteiger charge is -2.08. The first-order chi connectivity index (χ1) is 11.3. The van der Waals surface area contributed by atoms with Crippen molar-refractivity contribution >= 4 is 23.4 Å². The summed E-state index contributed by atoms with van der Waals surface area (Å²) < 4.78 is 1.92. The van der Waals surface area contributed by atoms with Crippen LogP contribution >= 0.6 is 11.8 Å². The van der Waals surface area contributed by atoms with Gasteiger partial charge in [0.15, 0.2) is 5.96 Å². The Labute approximate surface area is 144 Å². The normalized spacial score (nSPS) is 10.8. The lowest BCUT2D eigenvalue weighted by atomic mass is 10.2. The number of guanidine groups is 1. The Kier molecular flexibility index (Phi) is 5.45. The van der Waals surface area contributed by atoms with Crippen molar-refractivity contribution < 1.29 is 4.92 Å². The molecular weight excluding hydrogens is 328 g/mol. The number of nitrogens with two attached hydrogens (primary N) is 2. The minimum Gasteiger partial charge on any atom is -0.370 e. The Morgan fingerprint density at radius 1 is 1.46 bits per heavy atom. The van der Waals surface area contributed by atoms with Crippen molar-refractivity contribution in [1.29, 1.82) is 0 Å². The van der Waals surface area contributed by atoms with Gasteiger partial charge in [-0.1, -0.05) is 31.7 Å². The molecule has 2 aromatic rings. The Balaban J connectivity index is 2.40. The third-order valence-corrected chi connectivity index (χ3v) is 4.52. The molecular formula is C15H20N6O2S. The van der Waals surface area contributed by atoms with Crippen molar-refractivity contribution in [2.45, 2.75) is 36.2 Å². The van der Waals surface area contributed by atoms with Crippen molar-refractivity contribution in [2.75, 3.05) is 0 Å². The van der Waals surface area contributed by atoms with Crippen LogP contribution in [-0.2, 0) is 13.6 Å². The highest BCUT2D eigenvalue weighted by Crippen LogP contribution is 2.35. The predicted molar refractivity (Wildman–Crippen MR) is 94.0 cm³/mol. The molecule has 0 saturated heterocycles. The Morgan fingerprint density at radius 3 is 2.75 bits per heavy atom. The molecule has 0 saturated carbocycles. The molecule has 0 fully saturated rings. The molecule has 8 nitrogen and oxygen atoms in total. The summed E-state index contributed by atoms with van der Waals surface area (Å²) in [5, 5.41) is 11.9. The zero-order chi connectivity index (χ0) is 17.9. The van der Waals surface area contributed by atoms with E-state index in [4.69, 9.17) is 11.5 Å². The van der Waals surface area contributed by atoms with Gasteiger partial charge in [0, 0.05) is 24.1 Å². The molecule has 1 aromatic heterocycles. The van der Waals surface area contributed by atoms with Gasteiger partial charge in [0.05, 0.1) is 10.6 Å². The number of hydrogen-bond donors (Lipinski definition) is 2. The summed E-state index contributed by atoms with van der Waals surface area (Å²) in [6.07, 6.45) is 0. The van der Waals surface area contributed by atoms with E-state index in [9.17, 15) is 10.1 Å². The minimum atomic E-state index is -0.402. The van der Waals surface area contributed by atoms with Gasteiger partial charge in [-0.2, -0.15) is 0 Å². The summed E-state index contributed by atoms with van der Waals surface area (Å²) in [4.78, 5) is 19.9. The van der Waals surface area contributed by atoms with E-state index in [-0.39, 0.29) is 24.1 Å². The molecule has 0 atom stereocenters. The first-order valence-electron chi connectivity index (χ1n) is 7.32. The van der Waals surface area contributed by atoms with Gasteiger partial charge >= 0.3 is 0 Å². The van der Waals surface area contributed by atoms with Crippen LogP contribution in [-0.4, -0.2) is 20.4 Å². The fourth-order valence-corrected chi connectivity index (χ4v) is 3.30. The number of non-ortho nitro benzene ring substituents is 1. The number of nitrogens with zero attached hydrogens (tertiary/aromatic N) is 4. The topological polar surface area (TPSA) is 125 Å². The summed E-state index contributed by atoms with van der Waals surface area (Å²) >= 11 is 1.44. The first kappa shape index (κ1) is 17.8. The molecule has 2 rings (SSSR count). The zero-order valence-electron chi connectivity index (χ0n) is 13.8. The number of imidazole rings is 1. The van der Waals surface area contributed by atoms with E-state index < -0.39 is 4.92 Å². The molecule has 0 bridgehead atoms. The van der Waals surface area contributed by atoms with Gasteiger partial charge in [0.2, 0.25) is 0 Å². The smallest absolute Gasteiger partial charge is 0.270 e. The second kappa shape index (κ2) is 7.35. The monoisotopic (exact) mass is 348 g/mol. The number of aliphatic imine (C=N–C) groups is 1. The van der Waals surface area contributed by atoms with Crippen LogP contribution in [0.5, 0.6) is 0 Å². The van der Waals surface area contributed by atoms with E-state index in [1.807, 2.05) is 31.5 Å². The molecule has 0 spiro atoms. The van der Waals surface area contributed by atoms with Crippen molar-refractivity contribution in [3.63, 3.8) is 0 Å². The second-order valence-corrected chi connectivity index (χ2v) is 6.59. The Bertz CT molecular complexity index is 780. The Morgan fingerprint density at radius 2 is 2.17 bits per heavy atom. The highest BCUT2D eigenvalue weighted by molar-refractivity contribution is 7.99. The number of rotatable bonds is 6. The molecule has 128 valence electrons.